The van der Waals surface area contributed by atoms with Crippen LogP contribution >= 0.6 is 0 Å². The minimum absolute atomic E-state index is 0.0773. The Labute approximate surface area is 119 Å². The average molecular weight is 281 g/mol. The van der Waals surface area contributed by atoms with E-state index in [1.807, 2.05) is 6.92 Å². The highest BCUT2D eigenvalue weighted by Crippen LogP contribution is 2.30. The molecule has 0 aliphatic heterocycles. The van der Waals surface area contributed by atoms with E-state index in [2.05, 4.69) is 0 Å². The SMILES string of the molecule is CCC(CCc1c(O)cccc1O)CC(CN)C(=O)O. The molecule has 0 amide bonds. The third kappa shape index (κ3) is 4.42. The third-order valence-electron chi connectivity index (χ3n) is 3.76. The topological polar surface area (TPSA) is 104 Å². The van der Waals surface area contributed by atoms with Gasteiger partial charge in [-0.2, -0.15) is 0 Å². The lowest BCUT2D eigenvalue weighted by Gasteiger charge is -2.19. The maximum Gasteiger partial charge on any atom is 0.307 e. The van der Waals surface area contributed by atoms with Crippen LogP contribution in [0.3, 0.4) is 0 Å². The van der Waals surface area contributed by atoms with Gasteiger partial charge in [0.1, 0.15) is 11.5 Å². The number of carboxylic acids is 1. The van der Waals surface area contributed by atoms with E-state index in [1.165, 1.54) is 12.1 Å². The number of hydrogen-bond acceptors (Lipinski definition) is 4. The third-order valence-corrected chi connectivity index (χ3v) is 3.76. The minimum atomic E-state index is -0.864. The van der Waals surface area contributed by atoms with Gasteiger partial charge < -0.3 is 21.1 Å². The highest BCUT2D eigenvalue weighted by Gasteiger charge is 2.21. The molecule has 0 bridgehead atoms. The first kappa shape index (κ1) is 16.3. The standard InChI is InChI=1S/C15H23NO4/c1-2-10(8-11(9-16)15(19)20)6-7-12-13(17)4-3-5-14(12)18/h3-5,10-11,17-18H,2,6-9,16H2,1H3,(H,19,20). The van der Waals surface area contributed by atoms with Gasteiger partial charge in [0.2, 0.25) is 0 Å². The molecule has 0 spiro atoms. The summed E-state index contributed by atoms with van der Waals surface area (Å²) >= 11 is 0. The summed E-state index contributed by atoms with van der Waals surface area (Å²) < 4.78 is 0. The van der Waals surface area contributed by atoms with Crippen molar-refractivity contribution in [3.05, 3.63) is 23.8 Å². The molecule has 1 rings (SSSR count). The summed E-state index contributed by atoms with van der Waals surface area (Å²) in [7, 11) is 0. The van der Waals surface area contributed by atoms with Crippen molar-refractivity contribution < 1.29 is 20.1 Å². The first-order valence-electron chi connectivity index (χ1n) is 6.92. The summed E-state index contributed by atoms with van der Waals surface area (Å²) in [4.78, 5) is 11.0. The van der Waals surface area contributed by atoms with Crippen LogP contribution in [0.2, 0.25) is 0 Å². The van der Waals surface area contributed by atoms with Gasteiger partial charge in [0.05, 0.1) is 5.92 Å². The van der Waals surface area contributed by atoms with Crippen molar-refractivity contribution in [2.24, 2.45) is 17.6 Å². The van der Waals surface area contributed by atoms with Gasteiger partial charge in [-0.15, -0.1) is 0 Å². The minimum Gasteiger partial charge on any atom is -0.508 e. The number of phenolic OH excluding ortho intramolecular Hbond substituents is 2. The number of nitrogens with two attached hydrogens (primary N) is 1. The monoisotopic (exact) mass is 281 g/mol. The van der Waals surface area contributed by atoms with Gasteiger partial charge in [0.25, 0.3) is 0 Å². The van der Waals surface area contributed by atoms with Crippen LogP contribution in [0.5, 0.6) is 11.5 Å². The molecule has 5 nitrogen and oxygen atoms in total. The number of aromatic hydroxyl groups is 2. The fourth-order valence-corrected chi connectivity index (χ4v) is 2.36. The zero-order valence-corrected chi connectivity index (χ0v) is 11.7. The average Bonchev–Trinajstić information content (AvgIpc) is 2.41. The Hall–Kier alpha value is -1.75. The fraction of sp³-hybridized carbons (Fsp3) is 0.533. The highest BCUT2D eigenvalue weighted by molar-refractivity contribution is 5.70. The highest BCUT2D eigenvalue weighted by atomic mass is 16.4. The number of benzene rings is 1. The largest absolute Gasteiger partial charge is 0.508 e. The van der Waals surface area contributed by atoms with Crippen LogP contribution in [-0.2, 0) is 11.2 Å². The van der Waals surface area contributed by atoms with Crippen molar-refractivity contribution in [3.63, 3.8) is 0 Å². The van der Waals surface area contributed by atoms with Crippen molar-refractivity contribution in [1.29, 1.82) is 0 Å². The molecule has 1 aromatic rings. The Bertz CT molecular complexity index is 427. The normalized spacial score (nSPS) is 13.9. The lowest BCUT2D eigenvalue weighted by atomic mass is 9.87. The zero-order valence-electron chi connectivity index (χ0n) is 11.7. The van der Waals surface area contributed by atoms with E-state index in [9.17, 15) is 15.0 Å². The van der Waals surface area contributed by atoms with Gasteiger partial charge in [-0.1, -0.05) is 19.4 Å². The number of carbonyl (C=O) groups is 1. The molecule has 0 aromatic heterocycles. The number of aliphatic carboxylic acids is 1. The van der Waals surface area contributed by atoms with Crippen LogP contribution < -0.4 is 5.73 Å². The van der Waals surface area contributed by atoms with Gasteiger partial charge in [-0.05, 0) is 37.3 Å². The second-order valence-electron chi connectivity index (χ2n) is 5.09. The summed E-state index contributed by atoms with van der Waals surface area (Å²) in [6, 6.07) is 4.66. The molecule has 0 heterocycles. The Morgan fingerprint density at radius 1 is 1.30 bits per heavy atom. The molecule has 0 aliphatic carbocycles. The van der Waals surface area contributed by atoms with E-state index in [4.69, 9.17) is 10.8 Å². The Morgan fingerprint density at radius 2 is 1.90 bits per heavy atom. The van der Waals surface area contributed by atoms with Crippen molar-refractivity contribution in [3.8, 4) is 11.5 Å². The smallest absolute Gasteiger partial charge is 0.307 e. The van der Waals surface area contributed by atoms with Gasteiger partial charge in [-0.25, -0.2) is 0 Å². The van der Waals surface area contributed by atoms with Crippen molar-refractivity contribution >= 4 is 5.97 Å². The second kappa shape index (κ2) is 7.75. The molecule has 112 valence electrons. The molecular weight excluding hydrogens is 258 g/mol. The molecule has 20 heavy (non-hydrogen) atoms. The fourth-order valence-electron chi connectivity index (χ4n) is 2.36. The van der Waals surface area contributed by atoms with Gasteiger partial charge in [-0.3, -0.25) is 4.79 Å². The molecule has 5 heteroatoms. The summed E-state index contributed by atoms with van der Waals surface area (Å²) in [6.07, 6.45) is 2.61. The summed E-state index contributed by atoms with van der Waals surface area (Å²) in [5.41, 5.74) is 5.99. The van der Waals surface area contributed by atoms with E-state index < -0.39 is 11.9 Å². The van der Waals surface area contributed by atoms with E-state index in [-0.39, 0.29) is 24.0 Å². The van der Waals surface area contributed by atoms with Gasteiger partial charge in [0, 0.05) is 12.1 Å². The van der Waals surface area contributed by atoms with Crippen molar-refractivity contribution in [2.45, 2.75) is 32.6 Å². The van der Waals surface area contributed by atoms with Crippen LogP contribution in [0.25, 0.3) is 0 Å². The van der Waals surface area contributed by atoms with Crippen LogP contribution in [0.1, 0.15) is 31.7 Å². The molecule has 5 N–H and O–H groups in total. The van der Waals surface area contributed by atoms with E-state index in [0.29, 0.717) is 24.8 Å². The van der Waals surface area contributed by atoms with Crippen LogP contribution in [0.4, 0.5) is 0 Å². The Morgan fingerprint density at radius 3 is 2.35 bits per heavy atom. The number of hydrogen-bond donors (Lipinski definition) is 4. The predicted octanol–water partition coefficient (Wildman–Crippen LogP) is 2.11. The second-order valence-corrected chi connectivity index (χ2v) is 5.09. The molecule has 0 aliphatic rings. The quantitative estimate of drug-likeness (QED) is 0.584. The van der Waals surface area contributed by atoms with E-state index >= 15 is 0 Å². The van der Waals surface area contributed by atoms with Crippen molar-refractivity contribution in [2.75, 3.05) is 6.54 Å². The van der Waals surface area contributed by atoms with E-state index in [1.54, 1.807) is 6.07 Å². The molecule has 1 aromatic carbocycles. The number of rotatable bonds is 8. The first-order valence-corrected chi connectivity index (χ1v) is 6.92. The molecule has 0 saturated carbocycles. The molecule has 2 unspecified atom stereocenters. The molecule has 0 fully saturated rings. The van der Waals surface area contributed by atoms with Crippen LogP contribution in [0.15, 0.2) is 18.2 Å². The maximum atomic E-state index is 11.0. The maximum absolute atomic E-state index is 11.0. The van der Waals surface area contributed by atoms with Crippen LogP contribution in [0, 0.1) is 11.8 Å². The van der Waals surface area contributed by atoms with Gasteiger partial charge in [0.15, 0.2) is 0 Å². The molecular formula is C15H23NO4. The lowest BCUT2D eigenvalue weighted by molar-refractivity contribution is -0.142. The Balaban J connectivity index is 2.63. The molecule has 2 atom stereocenters. The number of phenols is 2. The summed E-state index contributed by atoms with van der Waals surface area (Å²) in [5.74, 6) is -1.03. The number of carboxylic acid groups (broad SMARTS) is 1. The Kier molecular flexibility index (Phi) is 6.31. The molecule has 0 saturated heterocycles. The molecule has 0 radical (unpaired) electrons. The lowest BCUT2D eigenvalue weighted by Crippen LogP contribution is -2.26. The summed E-state index contributed by atoms with van der Waals surface area (Å²) in [6.45, 7) is 2.14. The first-order chi connectivity index (χ1) is 9.49. The predicted molar refractivity (Wildman–Crippen MR) is 76.7 cm³/mol. The summed E-state index contributed by atoms with van der Waals surface area (Å²) in [5, 5.41) is 28.5. The zero-order chi connectivity index (χ0) is 15.1. The van der Waals surface area contributed by atoms with Crippen LogP contribution in [-0.4, -0.2) is 27.8 Å². The van der Waals surface area contributed by atoms with Gasteiger partial charge >= 0.3 is 5.97 Å². The van der Waals surface area contributed by atoms with Crippen molar-refractivity contribution in [1.82, 2.24) is 0 Å². The van der Waals surface area contributed by atoms with E-state index in [0.717, 1.165) is 6.42 Å².